The number of aromatic nitrogens is 3. The van der Waals surface area contributed by atoms with E-state index < -0.39 is 0 Å². The van der Waals surface area contributed by atoms with Gasteiger partial charge in [-0.15, -0.1) is 4.98 Å². The second-order valence-corrected chi connectivity index (χ2v) is 4.37. The molecule has 0 aliphatic heterocycles. The molecule has 6 nitrogen and oxygen atoms in total. The van der Waals surface area contributed by atoms with E-state index in [0.717, 1.165) is 32.2 Å². The van der Waals surface area contributed by atoms with Crippen molar-refractivity contribution in [1.29, 1.82) is 0 Å². The molecule has 108 valence electrons. The smallest absolute Gasteiger partial charge is 0.322 e. The second kappa shape index (κ2) is 8.63. The summed E-state index contributed by atoms with van der Waals surface area (Å²) >= 11 is 0. The van der Waals surface area contributed by atoms with E-state index in [0.29, 0.717) is 23.9 Å². The highest BCUT2D eigenvalue weighted by molar-refractivity contribution is 5.06. The predicted octanol–water partition coefficient (Wildman–Crippen LogP) is 1.60. The molecule has 1 heterocycles. The van der Waals surface area contributed by atoms with Gasteiger partial charge in [0.2, 0.25) is 0 Å². The van der Waals surface area contributed by atoms with Gasteiger partial charge >= 0.3 is 12.0 Å². The zero-order valence-corrected chi connectivity index (χ0v) is 12.3. The monoisotopic (exact) mass is 268 g/mol. The Morgan fingerprint density at radius 2 is 1.63 bits per heavy atom. The minimum absolute atomic E-state index is 0.299. The van der Waals surface area contributed by atoms with E-state index in [4.69, 9.17) is 9.47 Å². The summed E-state index contributed by atoms with van der Waals surface area (Å²) < 4.78 is 10.1. The van der Waals surface area contributed by atoms with Gasteiger partial charge < -0.3 is 14.8 Å². The summed E-state index contributed by atoms with van der Waals surface area (Å²) in [6.45, 7) is 5.34. The van der Waals surface area contributed by atoms with Crippen molar-refractivity contribution >= 4 is 0 Å². The molecule has 1 rings (SSSR count). The fourth-order valence-electron chi connectivity index (χ4n) is 1.85. The number of rotatable bonds is 9. The molecule has 1 aromatic heterocycles. The molecule has 0 saturated heterocycles. The summed E-state index contributed by atoms with van der Waals surface area (Å²) in [5.41, 5.74) is 0. The van der Waals surface area contributed by atoms with Crippen LogP contribution in [-0.4, -0.2) is 41.8 Å². The summed E-state index contributed by atoms with van der Waals surface area (Å²) in [6.07, 6.45) is 4.09. The van der Waals surface area contributed by atoms with E-state index >= 15 is 0 Å². The molecule has 0 aromatic carbocycles. The molecule has 0 aliphatic carbocycles. The van der Waals surface area contributed by atoms with Gasteiger partial charge in [-0.05, 0) is 19.4 Å². The normalized spacial score (nSPS) is 12.2. The first-order chi connectivity index (χ1) is 9.23. The van der Waals surface area contributed by atoms with Crippen LogP contribution in [0.2, 0.25) is 0 Å². The zero-order chi connectivity index (χ0) is 14.1. The van der Waals surface area contributed by atoms with Crippen LogP contribution in [0.3, 0.4) is 0 Å². The Morgan fingerprint density at radius 3 is 2.11 bits per heavy atom. The third kappa shape index (κ3) is 5.38. The maximum atomic E-state index is 5.06. The van der Waals surface area contributed by atoms with Crippen LogP contribution in [0.4, 0.5) is 0 Å². The first-order valence-corrected chi connectivity index (χ1v) is 6.79. The van der Waals surface area contributed by atoms with Crippen LogP contribution in [0.25, 0.3) is 0 Å². The van der Waals surface area contributed by atoms with Crippen LogP contribution >= 0.6 is 0 Å². The van der Waals surface area contributed by atoms with Crippen LogP contribution in [0.15, 0.2) is 0 Å². The first-order valence-electron chi connectivity index (χ1n) is 6.79. The van der Waals surface area contributed by atoms with Crippen LogP contribution in [0, 0.1) is 0 Å². The second-order valence-electron chi connectivity index (χ2n) is 4.37. The third-order valence-electron chi connectivity index (χ3n) is 2.75. The minimum atomic E-state index is 0.299. The Kier molecular flexibility index (Phi) is 7.10. The van der Waals surface area contributed by atoms with Crippen LogP contribution in [-0.2, 0) is 6.42 Å². The van der Waals surface area contributed by atoms with E-state index in [9.17, 15) is 0 Å². The van der Waals surface area contributed by atoms with Gasteiger partial charge in [-0.2, -0.15) is 9.97 Å². The third-order valence-corrected chi connectivity index (χ3v) is 2.75. The van der Waals surface area contributed by atoms with E-state index in [1.54, 1.807) is 0 Å². The molecular weight excluding hydrogens is 244 g/mol. The molecule has 0 aliphatic rings. The lowest BCUT2D eigenvalue weighted by atomic mass is 10.1. The van der Waals surface area contributed by atoms with Gasteiger partial charge in [-0.3, -0.25) is 0 Å². The van der Waals surface area contributed by atoms with Crippen molar-refractivity contribution in [1.82, 2.24) is 20.3 Å². The van der Waals surface area contributed by atoms with Crippen molar-refractivity contribution in [3.63, 3.8) is 0 Å². The molecule has 19 heavy (non-hydrogen) atoms. The summed E-state index contributed by atoms with van der Waals surface area (Å²) in [4.78, 5) is 12.5. The maximum absolute atomic E-state index is 5.06. The molecule has 1 N–H and O–H groups in total. The van der Waals surface area contributed by atoms with Crippen molar-refractivity contribution in [3.05, 3.63) is 5.82 Å². The number of nitrogens with one attached hydrogen (secondary N) is 1. The summed E-state index contributed by atoms with van der Waals surface area (Å²) in [7, 11) is 3.08. The maximum Gasteiger partial charge on any atom is 0.322 e. The summed E-state index contributed by atoms with van der Waals surface area (Å²) in [5, 5.41) is 3.51. The number of hydrogen-bond donors (Lipinski definition) is 1. The Hall–Kier alpha value is -1.43. The predicted molar refractivity (Wildman–Crippen MR) is 73.6 cm³/mol. The molecule has 1 aromatic rings. The molecule has 0 radical (unpaired) electrons. The van der Waals surface area contributed by atoms with Crippen LogP contribution in [0.5, 0.6) is 12.0 Å². The van der Waals surface area contributed by atoms with E-state index in [-0.39, 0.29) is 0 Å². The molecule has 0 fully saturated rings. The SMILES string of the molecule is CCCNC(CCC)Cc1nc(OC)nc(OC)n1. The van der Waals surface area contributed by atoms with Crippen molar-refractivity contribution < 1.29 is 9.47 Å². The Bertz CT molecular complexity index is 351. The van der Waals surface area contributed by atoms with Gasteiger partial charge in [-0.1, -0.05) is 20.3 Å². The van der Waals surface area contributed by atoms with E-state index in [2.05, 4.69) is 34.1 Å². The highest BCUT2D eigenvalue weighted by Crippen LogP contribution is 2.11. The molecule has 0 spiro atoms. The fraction of sp³-hybridized carbons (Fsp3) is 0.769. The molecule has 0 saturated carbocycles. The van der Waals surface area contributed by atoms with Gasteiger partial charge in [0.15, 0.2) is 0 Å². The lowest BCUT2D eigenvalue weighted by molar-refractivity contribution is 0.333. The average molecular weight is 268 g/mol. The van der Waals surface area contributed by atoms with Crippen molar-refractivity contribution in [3.8, 4) is 12.0 Å². The lowest BCUT2D eigenvalue weighted by Crippen LogP contribution is -2.32. The lowest BCUT2D eigenvalue weighted by Gasteiger charge is -2.17. The quantitative estimate of drug-likeness (QED) is 0.733. The number of nitrogens with zero attached hydrogens (tertiary/aromatic N) is 3. The standard InChI is InChI=1S/C13H24N4O2/c1-5-7-10(14-8-6-2)9-11-15-12(18-3)17-13(16-11)19-4/h10,14H,5-9H2,1-4H3. The molecule has 0 bridgehead atoms. The average Bonchev–Trinajstić information content (AvgIpc) is 2.44. The largest absolute Gasteiger partial charge is 0.467 e. The van der Waals surface area contributed by atoms with Gasteiger partial charge in [0.05, 0.1) is 14.2 Å². The number of ether oxygens (including phenoxy) is 2. The molecule has 0 amide bonds. The van der Waals surface area contributed by atoms with Gasteiger partial charge in [0.25, 0.3) is 0 Å². The summed E-state index contributed by atoms with van der Waals surface area (Å²) in [6, 6.07) is 0.974. The molecule has 6 heteroatoms. The molecule has 1 unspecified atom stereocenters. The highest BCUT2D eigenvalue weighted by atomic mass is 16.5. The minimum Gasteiger partial charge on any atom is -0.467 e. The molecule has 1 atom stereocenters. The first kappa shape index (κ1) is 15.6. The van der Waals surface area contributed by atoms with Gasteiger partial charge in [0, 0.05) is 12.5 Å². The van der Waals surface area contributed by atoms with Crippen molar-refractivity contribution in [2.75, 3.05) is 20.8 Å². The number of methoxy groups -OCH3 is 2. The van der Waals surface area contributed by atoms with Gasteiger partial charge in [0.1, 0.15) is 5.82 Å². The zero-order valence-electron chi connectivity index (χ0n) is 12.3. The highest BCUT2D eigenvalue weighted by Gasteiger charge is 2.13. The summed E-state index contributed by atoms with van der Waals surface area (Å²) in [5.74, 6) is 0.700. The Balaban J connectivity index is 2.76. The fourth-order valence-corrected chi connectivity index (χ4v) is 1.85. The van der Waals surface area contributed by atoms with Crippen molar-refractivity contribution in [2.24, 2.45) is 0 Å². The van der Waals surface area contributed by atoms with E-state index in [1.807, 2.05) is 0 Å². The number of hydrogen-bond acceptors (Lipinski definition) is 6. The Labute approximate surface area is 115 Å². The topological polar surface area (TPSA) is 69.2 Å². The van der Waals surface area contributed by atoms with Crippen LogP contribution in [0.1, 0.15) is 38.9 Å². The van der Waals surface area contributed by atoms with Crippen molar-refractivity contribution in [2.45, 2.75) is 45.6 Å². The molecular formula is C13H24N4O2. The van der Waals surface area contributed by atoms with E-state index in [1.165, 1.54) is 14.2 Å². The van der Waals surface area contributed by atoms with Gasteiger partial charge in [-0.25, -0.2) is 0 Å². The Morgan fingerprint density at radius 1 is 1.00 bits per heavy atom. The van der Waals surface area contributed by atoms with Crippen LogP contribution < -0.4 is 14.8 Å².